The molecule has 1 aromatic rings. The van der Waals surface area contributed by atoms with Gasteiger partial charge in [0.05, 0.1) is 19.8 Å². The molecule has 0 saturated carbocycles. The van der Waals surface area contributed by atoms with Crippen molar-refractivity contribution < 1.29 is 19.4 Å². The molecular formula is C12H17NO4. The first-order valence-electron chi connectivity index (χ1n) is 5.34. The average molecular weight is 239 g/mol. The third-order valence-corrected chi connectivity index (χ3v) is 2.25. The molecular weight excluding hydrogens is 222 g/mol. The van der Waals surface area contributed by atoms with Gasteiger partial charge in [-0.25, -0.2) is 4.79 Å². The van der Waals surface area contributed by atoms with Gasteiger partial charge in [-0.15, -0.1) is 0 Å². The van der Waals surface area contributed by atoms with Crippen molar-refractivity contribution in [3.63, 3.8) is 0 Å². The van der Waals surface area contributed by atoms with Crippen LogP contribution in [0.1, 0.15) is 23.7 Å². The number of ether oxygens (including phenoxy) is 2. The fourth-order valence-electron chi connectivity index (χ4n) is 1.33. The maximum Gasteiger partial charge on any atom is 0.344 e. The van der Waals surface area contributed by atoms with E-state index >= 15 is 0 Å². The van der Waals surface area contributed by atoms with E-state index in [1.54, 1.807) is 25.1 Å². The summed E-state index contributed by atoms with van der Waals surface area (Å²) in [6.45, 7) is 1.78. The molecule has 0 aliphatic carbocycles. The van der Waals surface area contributed by atoms with Crippen LogP contribution in [0.15, 0.2) is 18.2 Å². The lowest BCUT2D eigenvalue weighted by atomic mass is 10.1. The number of rotatable bonds is 5. The lowest BCUT2D eigenvalue weighted by Gasteiger charge is -2.11. The second-order valence-corrected chi connectivity index (χ2v) is 3.70. The Labute approximate surface area is 100 Å². The highest BCUT2D eigenvalue weighted by molar-refractivity contribution is 5.98. The van der Waals surface area contributed by atoms with E-state index < -0.39 is 12.1 Å². The minimum absolute atomic E-state index is 0.147. The van der Waals surface area contributed by atoms with E-state index in [2.05, 4.69) is 0 Å². The summed E-state index contributed by atoms with van der Waals surface area (Å²) < 4.78 is 10.0. The SMILES string of the molecule is COc1cccc(N)c1C(=O)OCCC(C)O. The van der Waals surface area contributed by atoms with Crippen LogP contribution in [0.25, 0.3) is 0 Å². The van der Waals surface area contributed by atoms with E-state index in [0.717, 1.165) is 0 Å². The Morgan fingerprint density at radius 3 is 2.82 bits per heavy atom. The van der Waals surface area contributed by atoms with Crippen molar-refractivity contribution in [2.24, 2.45) is 0 Å². The number of carbonyl (C=O) groups excluding carboxylic acids is 1. The van der Waals surface area contributed by atoms with Gasteiger partial charge < -0.3 is 20.3 Å². The lowest BCUT2D eigenvalue weighted by Crippen LogP contribution is -2.13. The quantitative estimate of drug-likeness (QED) is 0.596. The third-order valence-electron chi connectivity index (χ3n) is 2.25. The Kier molecular flexibility index (Phi) is 4.78. The standard InChI is InChI=1S/C12H17NO4/c1-8(14)6-7-17-12(15)11-9(13)4-3-5-10(11)16-2/h3-5,8,14H,6-7,13H2,1-2H3. The molecule has 0 fully saturated rings. The molecule has 1 aromatic carbocycles. The predicted molar refractivity (Wildman–Crippen MR) is 64.0 cm³/mol. The zero-order valence-electron chi connectivity index (χ0n) is 9.97. The van der Waals surface area contributed by atoms with Crippen molar-refractivity contribution in [1.29, 1.82) is 0 Å². The highest BCUT2D eigenvalue weighted by Gasteiger charge is 2.17. The normalized spacial score (nSPS) is 11.9. The van der Waals surface area contributed by atoms with Crippen molar-refractivity contribution in [2.45, 2.75) is 19.4 Å². The number of methoxy groups -OCH3 is 1. The number of nitrogens with two attached hydrogens (primary N) is 1. The molecule has 0 aliphatic rings. The van der Waals surface area contributed by atoms with Gasteiger partial charge in [-0.05, 0) is 19.1 Å². The molecule has 0 radical (unpaired) electrons. The summed E-state index contributed by atoms with van der Waals surface area (Å²) in [5.41, 5.74) is 6.23. The molecule has 1 rings (SSSR count). The van der Waals surface area contributed by atoms with E-state index in [9.17, 15) is 4.79 Å². The maximum absolute atomic E-state index is 11.8. The number of carbonyl (C=O) groups is 1. The largest absolute Gasteiger partial charge is 0.496 e. The highest BCUT2D eigenvalue weighted by Crippen LogP contribution is 2.24. The summed E-state index contributed by atoms with van der Waals surface area (Å²) in [6, 6.07) is 4.94. The van der Waals surface area contributed by atoms with Crippen molar-refractivity contribution in [2.75, 3.05) is 19.5 Å². The van der Waals surface area contributed by atoms with Gasteiger partial charge in [0.2, 0.25) is 0 Å². The van der Waals surface area contributed by atoms with Gasteiger partial charge in [-0.3, -0.25) is 0 Å². The van der Waals surface area contributed by atoms with E-state index in [-0.39, 0.29) is 12.2 Å². The van der Waals surface area contributed by atoms with Crippen molar-refractivity contribution in [3.8, 4) is 5.75 Å². The number of anilines is 1. The Bertz CT molecular complexity index is 390. The first-order valence-corrected chi connectivity index (χ1v) is 5.34. The van der Waals surface area contributed by atoms with Crippen LogP contribution in [0.4, 0.5) is 5.69 Å². The van der Waals surface area contributed by atoms with E-state index in [1.165, 1.54) is 7.11 Å². The maximum atomic E-state index is 11.8. The zero-order valence-corrected chi connectivity index (χ0v) is 9.97. The molecule has 0 spiro atoms. The first kappa shape index (κ1) is 13.3. The number of aliphatic hydroxyl groups is 1. The second-order valence-electron chi connectivity index (χ2n) is 3.70. The molecule has 5 nitrogen and oxygen atoms in total. The number of aliphatic hydroxyl groups excluding tert-OH is 1. The van der Waals surface area contributed by atoms with Crippen LogP contribution in [0.5, 0.6) is 5.75 Å². The van der Waals surface area contributed by atoms with Crippen LogP contribution in [0, 0.1) is 0 Å². The van der Waals surface area contributed by atoms with E-state index in [4.69, 9.17) is 20.3 Å². The Morgan fingerprint density at radius 1 is 1.53 bits per heavy atom. The summed E-state index contributed by atoms with van der Waals surface area (Å²) in [5, 5.41) is 9.05. The monoisotopic (exact) mass is 239 g/mol. The second kappa shape index (κ2) is 6.10. The fraction of sp³-hybridized carbons (Fsp3) is 0.417. The number of benzene rings is 1. The van der Waals surface area contributed by atoms with Crippen LogP contribution < -0.4 is 10.5 Å². The molecule has 17 heavy (non-hydrogen) atoms. The lowest BCUT2D eigenvalue weighted by molar-refractivity contribution is 0.0442. The number of esters is 1. The number of hydrogen-bond acceptors (Lipinski definition) is 5. The topological polar surface area (TPSA) is 81.8 Å². The molecule has 0 amide bonds. The number of hydrogen-bond donors (Lipinski definition) is 2. The molecule has 0 heterocycles. The van der Waals surface area contributed by atoms with Crippen molar-refractivity contribution in [1.82, 2.24) is 0 Å². The Balaban J connectivity index is 2.74. The van der Waals surface area contributed by atoms with Crippen LogP contribution in [-0.4, -0.2) is 30.9 Å². The average Bonchev–Trinajstić information content (AvgIpc) is 2.27. The first-order chi connectivity index (χ1) is 8.06. The van der Waals surface area contributed by atoms with Crippen molar-refractivity contribution in [3.05, 3.63) is 23.8 Å². The Morgan fingerprint density at radius 2 is 2.24 bits per heavy atom. The van der Waals surface area contributed by atoms with Crippen molar-refractivity contribution >= 4 is 11.7 Å². The van der Waals surface area contributed by atoms with Crippen LogP contribution in [0.3, 0.4) is 0 Å². The van der Waals surface area contributed by atoms with Crippen LogP contribution >= 0.6 is 0 Å². The van der Waals surface area contributed by atoms with E-state index in [1.807, 2.05) is 0 Å². The Hall–Kier alpha value is -1.75. The van der Waals surface area contributed by atoms with Crippen LogP contribution in [0.2, 0.25) is 0 Å². The minimum atomic E-state index is -0.541. The van der Waals surface area contributed by atoms with Gasteiger partial charge >= 0.3 is 5.97 Å². The fourth-order valence-corrected chi connectivity index (χ4v) is 1.33. The summed E-state index contributed by atoms with van der Waals surface area (Å²) in [5.74, 6) is -0.160. The van der Waals surface area contributed by atoms with E-state index in [0.29, 0.717) is 17.9 Å². The zero-order chi connectivity index (χ0) is 12.8. The molecule has 0 saturated heterocycles. The molecule has 0 aliphatic heterocycles. The summed E-state index contributed by atoms with van der Waals surface area (Å²) in [7, 11) is 1.46. The molecule has 5 heteroatoms. The molecule has 1 unspecified atom stereocenters. The highest BCUT2D eigenvalue weighted by atomic mass is 16.5. The number of nitrogen functional groups attached to an aromatic ring is 1. The summed E-state index contributed by atoms with van der Waals surface area (Å²) in [6.07, 6.45) is -0.112. The minimum Gasteiger partial charge on any atom is -0.496 e. The third kappa shape index (κ3) is 3.64. The predicted octanol–water partition coefficient (Wildman–Crippen LogP) is 1.21. The van der Waals surface area contributed by atoms with Gasteiger partial charge in [0.15, 0.2) is 0 Å². The van der Waals surface area contributed by atoms with Gasteiger partial charge in [-0.1, -0.05) is 6.07 Å². The van der Waals surface area contributed by atoms with Gasteiger partial charge in [0, 0.05) is 12.1 Å². The molecule has 0 aromatic heterocycles. The molecule has 94 valence electrons. The van der Waals surface area contributed by atoms with Gasteiger partial charge in [0.25, 0.3) is 0 Å². The molecule has 3 N–H and O–H groups in total. The van der Waals surface area contributed by atoms with Gasteiger partial charge in [-0.2, -0.15) is 0 Å². The van der Waals surface area contributed by atoms with Crippen LogP contribution in [-0.2, 0) is 4.74 Å². The molecule has 1 atom stereocenters. The molecule has 0 bridgehead atoms. The summed E-state index contributed by atoms with van der Waals surface area (Å²) >= 11 is 0. The smallest absolute Gasteiger partial charge is 0.344 e. The van der Waals surface area contributed by atoms with Gasteiger partial charge in [0.1, 0.15) is 11.3 Å². The summed E-state index contributed by atoms with van der Waals surface area (Å²) in [4.78, 5) is 11.8.